The second-order valence-electron chi connectivity index (χ2n) is 6.54. The number of hydrogen-bond acceptors (Lipinski definition) is 7. The number of ether oxygens (including phenoxy) is 4. The Hall–Kier alpha value is -3.52. The fourth-order valence-corrected chi connectivity index (χ4v) is 3.92. The monoisotopic (exact) mass is 455 g/mol. The standard InChI is InChI=1S/C24H25NO6S/c1-4-29-18-8-6-16(7-9-18)20-15-32-23(22(20)24(27)30-5-2)25-21(26)14-31-19-12-10-17(28-3)11-13-19/h6-13,15H,4-5,14H2,1-3H3,(H,25,26). The van der Waals surface area contributed by atoms with Gasteiger partial charge in [0, 0.05) is 10.9 Å². The van der Waals surface area contributed by atoms with Crippen LogP contribution in [-0.4, -0.2) is 38.8 Å². The molecule has 0 saturated carbocycles. The van der Waals surface area contributed by atoms with Crippen molar-refractivity contribution in [2.24, 2.45) is 0 Å². The molecule has 2 aromatic carbocycles. The van der Waals surface area contributed by atoms with E-state index in [0.29, 0.717) is 34.2 Å². The third-order valence-corrected chi connectivity index (χ3v) is 5.32. The minimum Gasteiger partial charge on any atom is -0.497 e. The zero-order valence-corrected chi connectivity index (χ0v) is 19.0. The van der Waals surface area contributed by atoms with Crippen LogP contribution in [0.15, 0.2) is 53.9 Å². The Balaban J connectivity index is 1.76. The molecule has 0 atom stereocenters. The van der Waals surface area contributed by atoms with Gasteiger partial charge in [-0.15, -0.1) is 11.3 Å². The summed E-state index contributed by atoms with van der Waals surface area (Å²) in [6.45, 7) is 4.25. The zero-order chi connectivity index (χ0) is 22.9. The summed E-state index contributed by atoms with van der Waals surface area (Å²) in [6, 6.07) is 14.3. The van der Waals surface area contributed by atoms with Crippen LogP contribution in [0.3, 0.4) is 0 Å². The molecule has 1 amide bonds. The van der Waals surface area contributed by atoms with Gasteiger partial charge in [0.2, 0.25) is 0 Å². The lowest BCUT2D eigenvalue weighted by atomic mass is 10.0. The maximum Gasteiger partial charge on any atom is 0.341 e. The fraction of sp³-hybridized carbons (Fsp3) is 0.250. The van der Waals surface area contributed by atoms with Crippen LogP contribution >= 0.6 is 11.3 Å². The first-order valence-electron chi connectivity index (χ1n) is 10.1. The van der Waals surface area contributed by atoms with E-state index in [-0.39, 0.29) is 19.1 Å². The number of hydrogen-bond donors (Lipinski definition) is 1. The van der Waals surface area contributed by atoms with Crippen molar-refractivity contribution in [2.45, 2.75) is 13.8 Å². The predicted octanol–water partition coefficient (Wildman–Crippen LogP) is 5.02. The molecule has 0 aliphatic rings. The maximum absolute atomic E-state index is 12.7. The summed E-state index contributed by atoms with van der Waals surface area (Å²) >= 11 is 1.26. The molecule has 0 spiro atoms. The molecule has 3 aromatic rings. The van der Waals surface area contributed by atoms with Crippen molar-refractivity contribution in [2.75, 3.05) is 32.2 Å². The van der Waals surface area contributed by atoms with E-state index in [1.165, 1.54) is 11.3 Å². The number of amides is 1. The van der Waals surface area contributed by atoms with Gasteiger partial charge >= 0.3 is 5.97 Å². The van der Waals surface area contributed by atoms with Crippen LogP contribution in [0.4, 0.5) is 5.00 Å². The maximum atomic E-state index is 12.7. The number of thiophene rings is 1. The first-order valence-corrected chi connectivity index (χ1v) is 11.0. The molecule has 1 heterocycles. The molecule has 0 radical (unpaired) electrons. The molecule has 32 heavy (non-hydrogen) atoms. The summed E-state index contributed by atoms with van der Waals surface area (Å²) in [5.41, 5.74) is 1.82. The average Bonchev–Trinajstić information content (AvgIpc) is 3.22. The molecule has 1 N–H and O–H groups in total. The van der Waals surface area contributed by atoms with Gasteiger partial charge in [-0.1, -0.05) is 12.1 Å². The van der Waals surface area contributed by atoms with Crippen LogP contribution in [0.1, 0.15) is 24.2 Å². The minimum atomic E-state index is -0.496. The Morgan fingerprint density at radius 2 is 1.50 bits per heavy atom. The summed E-state index contributed by atoms with van der Waals surface area (Å²) in [7, 11) is 1.58. The van der Waals surface area contributed by atoms with E-state index in [1.54, 1.807) is 38.3 Å². The number of rotatable bonds is 10. The summed E-state index contributed by atoms with van der Waals surface area (Å²) in [5.74, 6) is 1.10. The van der Waals surface area contributed by atoms with Gasteiger partial charge in [0.05, 0.1) is 20.3 Å². The van der Waals surface area contributed by atoms with Crippen LogP contribution in [0.5, 0.6) is 17.2 Å². The van der Waals surface area contributed by atoms with E-state index in [0.717, 1.165) is 11.3 Å². The van der Waals surface area contributed by atoms with Gasteiger partial charge in [0.25, 0.3) is 5.91 Å². The van der Waals surface area contributed by atoms with E-state index in [1.807, 2.05) is 36.6 Å². The SMILES string of the molecule is CCOC(=O)c1c(-c2ccc(OCC)cc2)csc1NC(=O)COc1ccc(OC)cc1. The second kappa shape index (κ2) is 11.2. The van der Waals surface area contributed by atoms with Crippen LogP contribution < -0.4 is 19.5 Å². The van der Waals surface area contributed by atoms with Crippen molar-refractivity contribution >= 4 is 28.2 Å². The molecule has 0 fully saturated rings. The molecule has 0 aliphatic heterocycles. The predicted molar refractivity (Wildman–Crippen MR) is 124 cm³/mol. The third-order valence-electron chi connectivity index (χ3n) is 4.43. The van der Waals surface area contributed by atoms with E-state index in [4.69, 9.17) is 18.9 Å². The number of carbonyl (C=O) groups excluding carboxylic acids is 2. The summed E-state index contributed by atoms with van der Waals surface area (Å²) in [6.07, 6.45) is 0. The summed E-state index contributed by atoms with van der Waals surface area (Å²) in [5, 5.41) is 5.00. The van der Waals surface area contributed by atoms with E-state index in [2.05, 4.69) is 5.32 Å². The molecule has 3 rings (SSSR count). The quantitative estimate of drug-likeness (QED) is 0.433. The number of benzene rings is 2. The van der Waals surface area contributed by atoms with Gasteiger partial charge in [0.1, 0.15) is 27.8 Å². The van der Waals surface area contributed by atoms with Gasteiger partial charge in [-0.25, -0.2) is 4.79 Å². The van der Waals surface area contributed by atoms with Crippen LogP contribution in [-0.2, 0) is 9.53 Å². The van der Waals surface area contributed by atoms with Crippen molar-refractivity contribution in [1.29, 1.82) is 0 Å². The minimum absolute atomic E-state index is 0.203. The number of esters is 1. The highest BCUT2D eigenvalue weighted by atomic mass is 32.1. The van der Waals surface area contributed by atoms with Crippen LogP contribution in [0.25, 0.3) is 11.1 Å². The number of carbonyl (C=O) groups is 2. The molecule has 0 bridgehead atoms. The van der Waals surface area contributed by atoms with Crippen LogP contribution in [0.2, 0.25) is 0 Å². The molecular formula is C24H25NO6S. The largest absolute Gasteiger partial charge is 0.497 e. The Bertz CT molecular complexity index is 1040. The highest BCUT2D eigenvalue weighted by molar-refractivity contribution is 7.15. The molecule has 8 heteroatoms. The molecule has 0 unspecified atom stereocenters. The normalized spacial score (nSPS) is 10.3. The zero-order valence-electron chi connectivity index (χ0n) is 18.2. The van der Waals surface area contributed by atoms with Gasteiger partial charge < -0.3 is 24.3 Å². The van der Waals surface area contributed by atoms with Crippen molar-refractivity contribution < 1.29 is 28.5 Å². The number of anilines is 1. The van der Waals surface area contributed by atoms with E-state index < -0.39 is 5.97 Å². The first kappa shape index (κ1) is 23.1. The Kier molecular flexibility index (Phi) is 8.10. The van der Waals surface area contributed by atoms with E-state index in [9.17, 15) is 9.59 Å². The highest BCUT2D eigenvalue weighted by Gasteiger charge is 2.23. The third kappa shape index (κ3) is 5.79. The van der Waals surface area contributed by atoms with Gasteiger partial charge in [-0.05, 0) is 55.8 Å². The molecule has 0 aliphatic carbocycles. The van der Waals surface area contributed by atoms with Gasteiger partial charge in [0.15, 0.2) is 6.61 Å². The van der Waals surface area contributed by atoms with Gasteiger partial charge in [-0.2, -0.15) is 0 Å². The lowest BCUT2D eigenvalue weighted by Crippen LogP contribution is -2.21. The number of nitrogens with one attached hydrogen (secondary N) is 1. The molecule has 168 valence electrons. The Morgan fingerprint density at radius 1 is 0.875 bits per heavy atom. The Morgan fingerprint density at radius 3 is 2.12 bits per heavy atom. The smallest absolute Gasteiger partial charge is 0.341 e. The average molecular weight is 456 g/mol. The van der Waals surface area contributed by atoms with Crippen molar-refractivity contribution in [1.82, 2.24) is 0 Å². The molecular weight excluding hydrogens is 430 g/mol. The lowest BCUT2D eigenvalue weighted by molar-refractivity contribution is -0.118. The first-order chi connectivity index (χ1) is 15.5. The second-order valence-corrected chi connectivity index (χ2v) is 7.42. The summed E-state index contributed by atoms with van der Waals surface area (Å²) < 4.78 is 21.3. The molecule has 0 saturated heterocycles. The Labute approximate surface area is 190 Å². The van der Waals surface area contributed by atoms with Crippen LogP contribution in [0, 0.1) is 0 Å². The van der Waals surface area contributed by atoms with Crippen molar-refractivity contribution in [3.05, 3.63) is 59.5 Å². The van der Waals surface area contributed by atoms with Crippen molar-refractivity contribution in [3.8, 4) is 28.4 Å². The fourth-order valence-electron chi connectivity index (χ4n) is 2.95. The van der Waals surface area contributed by atoms with E-state index >= 15 is 0 Å². The topological polar surface area (TPSA) is 83.1 Å². The summed E-state index contributed by atoms with van der Waals surface area (Å²) in [4.78, 5) is 25.2. The van der Waals surface area contributed by atoms with Crippen molar-refractivity contribution in [3.63, 3.8) is 0 Å². The van der Waals surface area contributed by atoms with Gasteiger partial charge in [-0.3, -0.25) is 4.79 Å². The highest BCUT2D eigenvalue weighted by Crippen LogP contribution is 2.37. The number of methoxy groups -OCH3 is 1. The molecule has 1 aromatic heterocycles. The lowest BCUT2D eigenvalue weighted by Gasteiger charge is -2.10. The molecule has 7 nitrogen and oxygen atoms in total.